The third kappa shape index (κ3) is 5.54. The molecule has 0 bridgehead atoms. The fraction of sp³-hybridized carbons (Fsp3) is 0.0455. The zero-order valence-corrected chi connectivity index (χ0v) is 17.0. The van der Waals surface area contributed by atoms with E-state index in [2.05, 4.69) is 5.32 Å². The van der Waals surface area contributed by atoms with Crippen molar-refractivity contribution < 1.29 is 18.7 Å². The van der Waals surface area contributed by atoms with Crippen molar-refractivity contribution in [3.05, 3.63) is 86.8 Å². The van der Waals surface area contributed by atoms with Gasteiger partial charge in [-0.1, -0.05) is 29.8 Å². The van der Waals surface area contributed by atoms with Crippen LogP contribution in [0.3, 0.4) is 0 Å². The number of nitrogens with one attached hydrogen (secondary N) is 1. The molecule has 0 atom stereocenters. The molecule has 1 amide bonds. The van der Waals surface area contributed by atoms with Gasteiger partial charge in [0.25, 0.3) is 5.91 Å². The minimum absolute atomic E-state index is 0.228. The molecule has 0 fully saturated rings. The number of anilines is 1. The largest absolute Gasteiger partial charge is 0.452 e. The molecule has 3 rings (SSSR count). The maximum atomic E-state index is 13.1. The van der Waals surface area contributed by atoms with Gasteiger partial charge in [0, 0.05) is 9.90 Å². The molecule has 0 aliphatic heterocycles. The molecule has 0 saturated heterocycles. The molecule has 0 aliphatic rings. The van der Waals surface area contributed by atoms with E-state index in [0.29, 0.717) is 15.5 Å². The van der Waals surface area contributed by atoms with Crippen LogP contribution in [-0.4, -0.2) is 18.5 Å². The van der Waals surface area contributed by atoms with E-state index < -0.39 is 18.5 Å². The van der Waals surface area contributed by atoms with E-state index in [0.717, 1.165) is 0 Å². The lowest BCUT2D eigenvalue weighted by Gasteiger charge is -2.10. The summed E-state index contributed by atoms with van der Waals surface area (Å²) in [5, 5.41) is 13.8. The molecule has 1 N–H and O–H groups in total. The monoisotopic (exact) mass is 440 g/mol. The Bertz CT molecular complexity index is 1140. The molecule has 0 unspecified atom stereocenters. The van der Waals surface area contributed by atoms with Crippen LogP contribution in [0.1, 0.15) is 16.0 Å². The first-order valence-electron chi connectivity index (χ1n) is 8.64. The van der Waals surface area contributed by atoms with Gasteiger partial charge >= 0.3 is 5.97 Å². The van der Waals surface area contributed by atoms with E-state index in [4.69, 9.17) is 21.6 Å². The SMILES string of the molecule is N#Cc1ccc(Cl)cc1NC(=O)COC(=O)C(=Cc1ccc(F)cc1)c1cccs1. The highest BCUT2D eigenvalue weighted by atomic mass is 35.5. The van der Waals surface area contributed by atoms with Crippen molar-refractivity contribution in [3.63, 3.8) is 0 Å². The summed E-state index contributed by atoms with van der Waals surface area (Å²) >= 11 is 7.23. The van der Waals surface area contributed by atoms with E-state index >= 15 is 0 Å². The Morgan fingerprint density at radius 3 is 2.63 bits per heavy atom. The van der Waals surface area contributed by atoms with Gasteiger partial charge in [-0.2, -0.15) is 5.26 Å². The van der Waals surface area contributed by atoms with Crippen molar-refractivity contribution >= 4 is 52.2 Å². The molecule has 3 aromatic rings. The zero-order chi connectivity index (χ0) is 21.5. The fourth-order valence-corrected chi connectivity index (χ4v) is 3.40. The summed E-state index contributed by atoms with van der Waals surface area (Å²) in [6, 6.07) is 15.5. The molecule has 5 nitrogen and oxygen atoms in total. The van der Waals surface area contributed by atoms with E-state index in [-0.39, 0.29) is 22.6 Å². The Morgan fingerprint density at radius 2 is 1.97 bits per heavy atom. The highest BCUT2D eigenvalue weighted by molar-refractivity contribution is 7.11. The Morgan fingerprint density at radius 1 is 1.20 bits per heavy atom. The molecule has 0 spiro atoms. The number of esters is 1. The molecule has 0 radical (unpaired) electrons. The second kappa shape index (κ2) is 9.83. The third-order valence-electron chi connectivity index (χ3n) is 3.90. The van der Waals surface area contributed by atoms with Crippen molar-refractivity contribution in [1.29, 1.82) is 5.26 Å². The zero-order valence-electron chi connectivity index (χ0n) is 15.4. The van der Waals surface area contributed by atoms with Gasteiger partial charge in [0.15, 0.2) is 6.61 Å². The first kappa shape index (κ1) is 21.2. The molecule has 2 aromatic carbocycles. The lowest BCUT2D eigenvalue weighted by Crippen LogP contribution is -2.21. The lowest BCUT2D eigenvalue weighted by atomic mass is 10.1. The summed E-state index contributed by atoms with van der Waals surface area (Å²) < 4.78 is 18.3. The number of carbonyl (C=O) groups excluding carboxylic acids is 2. The summed E-state index contributed by atoms with van der Waals surface area (Å²) in [4.78, 5) is 25.5. The van der Waals surface area contributed by atoms with E-state index in [9.17, 15) is 14.0 Å². The highest BCUT2D eigenvalue weighted by Gasteiger charge is 2.17. The molecule has 0 saturated carbocycles. The summed E-state index contributed by atoms with van der Waals surface area (Å²) in [7, 11) is 0. The Hall–Kier alpha value is -3.47. The predicted octanol–water partition coefficient (Wildman–Crippen LogP) is 5.13. The van der Waals surface area contributed by atoms with Crippen LogP contribution in [0.2, 0.25) is 5.02 Å². The average Bonchev–Trinajstić information content (AvgIpc) is 3.26. The second-order valence-corrected chi connectivity index (χ2v) is 7.40. The lowest BCUT2D eigenvalue weighted by molar-refractivity contribution is -0.141. The van der Waals surface area contributed by atoms with Crippen molar-refractivity contribution in [2.75, 3.05) is 11.9 Å². The van der Waals surface area contributed by atoms with Crippen LogP contribution in [0.15, 0.2) is 60.0 Å². The van der Waals surface area contributed by atoms with E-state index in [1.54, 1.807) is 23.6 Å². The van der Waals surface area contributed by atoms with E-state index in [1.807, 2.05) is 6.07 Å². The van der Waals surface area contributed by atoms with Crippen LogP contribution in [0.4, 0.5) is 10.1 Å². The van der Waals surface area contributed by atoms with Gasteiger partial charge in [-0.3, -0.25) is 4.79 Å². The first-order chi connectivity index (χ1) is 14.5. The van der Waals surface area contributed by atoms with E-state index in [1.165, 1.54) is 53.8 Å². The Balaban J connectivity index is 1.72. The molecule has 8 heteroatoms. The fourth-order valence-electron chi connectivity index (χ4n) is 2.50. The van der Waals surface area contributed by atoms with Crippen LogP contribution in [0.5, 0.6) is 0 Å². The molecule has 30 heavy (non-hydrogen) atoms. The number of rotatable bonds is 6. The molecular formula is C22H14ClFN2O3S. The van der Waals surface area contributed by atoms with Gasteiger partial charge in [-0.15, -0.1) is 11.3 Å². The first-order valence-corrected chi connectivity index (χ1v) is 9.90. The third-order valence-corrected chi connectivity index (χ3v) is 5.04. The summed E-state index contributed by atoms with van der Waals surface area (Å²) in [6.45, 7) is -0.553. The van der Waals surface area contributed by atoms with Crippen molar-refractivity contribution in [1.82, 2.24) is 0 Å². The summed E-state index contributed by atoms with van der Waals surface area (Å²) in [5.41, 5.74) is 1.31. The highest BCUT2D eigenvalue weighted by Crippen LogP contribution is 2.25. The van der Waals surface area contributed by atoms with Crippen LogP contribution in [-0.2, 0) is 14.3 Å². The van der Waals surface area contributed by atoms with Crippen molar-refractivity contribution in [3.8, 4) is 6.07 Å². The Labute approximate surface area is 181 Å². The molecule has 0 aliphatic carbocycles. The summed E-state index contributed by atoms with van der Waals surface area (Å²) in [6.07, 6.45) is 1.57. The molecular weight excluding hydrogens is 427 g/mol. The number of nitriles is 1. The normalized spacial score (nSPS) is 10.9. The number of halogens is 2. The number of nitrogens with zero attached hydrogens (tertiary/aromatic N) is 1. The van der Waals surface area contributed by atoms with Crippen LogP contribution >= 0.6 is 22.9 Å². The molecule has 1 aromatic heterocycles. The van der Waals surface area contributed by atoms with Crippen LogP contribution in [0, 0.1) is 17.1 Å². The quantitative estimate of drug-likeness (QED) is 0.425. The minimum atomic E-state index is -0.705. The van der Waals surface area contributed by atoms with Crippen LogP contribution in [0.25, 0.3) is 11.6 Å². The van der Waals surface area contributed by atoms with Gasteiger partial charge in [0.1, 0.15) is 11.9 Å². The van der Waals surface area contributed by atoms with Crippen LogP contribution < -0.4 is 5.32 Å². The molecule has 150 valence electrons. The topological polar surface area (TPSA) is 79.2 Å². The van der Waals surface area contributed by atoms with Gasteiger partial charge in [-0.05, 0) is 53.4 Å². The number of hydrogen-bond donors (Lipinski definition) is 1. The number of ether oxygens (including phenoxy) is 1. The summed E-state index contributed by atoms with van der Waals surface area (Å²) in [5.74, 6) is -1.71. The van der Waals surface area contributed by atoms with Crippen molar-refractivity contribution in [2.45, 2.75) is 0 Å². The number of carbonyl (C=O) groups is 2. The second-order valence-electron chi connectivity index (χ2n) is 6.01. The van der Waals surface area contributed by atoms with Gasteiger partial charge in [0.2, 0.25) is 0 Å². The number of thiophene rings is 1. The maximum Gasteiger partial charge on any atom is 0.340 e. The minimum Gasteiger partial charge on any atom is -0.452 e. The van der Waals surface area contributed by atoms with Crippen molar-refractivity contribution in [2.24, 2.45) is 0 Å². The molecule has 1 heterocycles. The number of hydrogen-bond acceptors (Lipinski definition) is 5. The maximum absolute atomic E-state index is 13.1. The average molecular weight is 441 g/mol. The van der Waals surface area contributed by atoms with Gasteiger partial charge in [0.05, 0.1) is 16.8 Å². The standard InChI is InChI=1S/C22H14ClFN2O3S/c23-16-6-5-15(12-25)19(11-16)26-21(27)13-29-22(28)18(20-2-1-9-30-20)10-14-3-7-17(24)8-4-14/h1-11H,13H2,(H,26,27). The number of amides is 1. The predicted molar refractivity (Wildman–Crippen MR) is 114 cm³/mol. The number of benzene rings is 2. The Kier molecular flexibility index (Phi) is 6.96. The van der Waals surface area contributed by atoms with Gasteiger partial charge < -0.3 is 10.1 Å². The van der Waals surface area contributed by atoms with Gasteiger partial charge in [-0.25, -0.2) is 9.18 Å². The smallest absolute Gasteiger partial charge is 0.340 e.